The Morgan fingerprint density at radius 3 is 2.79 bits per heavy atom. The Balaban J connectivity index is 1.53. The Morgan fingerprint density at radius 1 is 1.33 bits per heavy atom. The van der Waals surface area contributed by atoms with E-state index in [1.165, 1.54) is 28.0 Å². The number of carbonyl (C=O) groups is 2. The average Bonchev–Trinajstić information content (AvgIpc) is 3.23. The number of hydrogen-bond donors (Lipinski definition) is 0. The number of thiazole rings is 1. The van der Waals surface area contributed by atoms with Crippen LogP contribution in [0.1, 0.15) is 5.69 Å². The van der Waals surface area contributed by atoms with E-state index in [1.54, 1.807) is 7.11 Å². The normalized spacial score (nSPS) is 14.0. The van der Waals surface area contributed by atoms with Gasteiger partial charge in [0, 0.05) is 23.2 Å². The highest BCUT2D eigenvalue weighted by molar-refractivity contribution is 8.13. The van der Waals surface area contributed by atoms with Crippen molar-refractivity contribution in [1.82, 2.24) is 9.88 Å². The van der Waals surface area contributed by atoms with E-state index in [9.17, 15) is 9.59 Å². The third-order valence-corrected chi connectivity index (χ3v) is 5.27. The highest BCUT2D eigenvalue weighted by Crippen LogP contribution is 2.26. The second kappa shape index (κ2) is 7.67. The predicted molar refractivity (Wildman–Crippen MR) is 93.3 cm³/mol. The monoisotopic (exact) mass is 364 g/mol. The van der Waals surface area contributed by atoms with Crippen molar-refractivity contribution in [3.05, 3.63) is 35.3 Å². The van der Waals surface area contributed by atoms with E-state index in [1.807, 2.05) is 29.6 Å². The molecule has 2 aromatic rings. The van der Waals surface area contributed by atoms with Gasteiger partial charge in [0.25, 0.3) is 5.24 Å². The van der Waals surface area contributed by atoms with Gasteiger partial charge in [0.2, 0.25) is 0 Å². The fourth-order valence-electron chi connectivity index (χ4n) is 2.16. The molecule has 0 atom stereocenters. The van der Waals surface area contributed by atoms with Gasteiger partial charge in [-0.25, -0.2) is 4.98 Å². The SMILES string of the molecule is COc1ccc(-c2nc(COC(=O)CN3CCSC3=O)cs2)cc1. The highest BCUT2D eigenvalue weighted by Gasteiger charge is 2.23. The summed E-state index contributed by atoms with van der Waals surface area (Å²) in [6, 6.07) is 7.62. The largest absolute Gasteiger partial charge is 0.497 e. The zero-order valence-electron chi connectivity index (χ0n) is 13.1. The van der Waals surface area contributed by atoms with Crippen molar-refractivity contribution in [3.8, 4) is 16.3 Å². The standard InChI is InChI=1S/C16H16N2O4S2/c1-21-13-4-2-11(3-5-13)15-17-12(10-24-15)9-22-14(19)8-18-6-7-23-16(18)20/h2-5,10H,6-9H2,1H3. The summed E-state index contributed by atoms with van der Waals surface area (Å²) >= 11 is 2.71. The molecule has 6 nitrogen and oxygen atoms in total. The van der Waals surface area contributed by atoms with Crippen LogP contribution >= 0.6 is 23.1 Å². The van der Waals surface area contributed by atoms with E-state index in [4.69, 9.17) is 9.47 Å². The second-order valence-electron chi connectivity index (χ2n) is 5.07. The third-order valence-electron chi connectivity index (χ3n) is 3.43. The van der Waals surface area contributed by atoms with Crippen LogP contribution in [0.3, 0.4) is 0 Å². The van der Waals surface area contributed by atoms with Crippen molar-refractivity contribution >= 4 is 34.3 Å². The number of benzene rings is 1. The molecule has 1 fully saturated rings. The average molecular weight is 364 g/mol. The molecule has 1 saturated heterocycles. The minimum absolute atomic E-state index is 0.00130. The van der Waals surface area contributed by atoms with Crippen molar-refractivity contribution in [1.29, 1.82) is 0 Å². The second-order valence-corrected chi connectivity index (χ2v) is 6.97. The summed E-state index contributed by atoms with van der Waals surface area (Å²) in [5.41, 5.74) is 1.68. The van der Waals surface area contributed by atoms with Crippen LogP contribution in [0.25, 0.3) is 10.6 Å². The van der Waals surface area contributed by atoms with Crippen LogP contribution in [-0.2, 0) is 16.1 Å². The molecule has 0 aliphatic carbocycles. The van der Waals surface area contributed by atoms with Crippen LogP contribution < -0.4 is 4.74 Å². The number of esters is 1. The number of thioether (sulfide) groups is 1. The molecule has 1 aromatic heterocycles. The van der Waals surface area contributed by atoms with Gasteiger partial charge >= 0.3 is 5.97 Å². The lowest BCUT2D eigenvalue weighted by atomic mass is 10.2. The summed E-state index contributed by atoms with van der Waals surface area (Å²) in [4.78, 5) is 29.2. The maximum atomic E-state index is 11.8. The Morgan fingerprint density at radius 2 is 2.12 bits per heavy atom. The number of hydrogen-bond acceptors (Lipinski definition) is 7. The van der Waals surface area contributed by atoms with E-state index in [2.05, 4.69) is 4.98 Å². The molecule has 0 N–H and O–H groups in total. The van der Waals surface area contributed by atoms with Gasteiger partial charge in [-0.2, -0.15) is 0 Å². The number of aromatic nitrogens is 1. The first-order chi connectivity index (χ1) is 11.7. The third kappa shape index (κ3) is 4.07. The number of methoxy groups -OCH3 is 1. The Hall–Kier alpha value is -2.06. The Labute approximate surface area is 147 Å². The van der Waals surface area contributed by atoms with Gasteiger partial charge in [0.1, 0.15) is 23.9 Å². The molecule has 24 heavy (non-hydrogen) atoms. The molecule has 0 radical (unpaired) electrons. The summed E-state index contributed by atoms with van der Waals surface area (Å²) in [5.74, 6) is 1.10. The molecular weight excluding hydrogens is 348 g/mol. The van der Waals surface area contributed by atoms with Crippen LogP contribution in [0.15, 0.2) is 29.6 Å². The molecule has 0 saturated carbocycles. The fourth-order valence-corrected chi connectivity index (χ4v) is 3.80. The van der Waals surface area contributed by atoms with Crippen molar-refractivity contribution in [3.63, 3.8) is 0 Å². The Bertz CT molecular complexity index is 730. The van der Waals surface area contributed by atoms with Gasteiger partial charge in [-0.05, 0) is 24.3 Å². The first-order valence-corrected chi connectivity index (χ1v) is 9.18. The zero-order chi connectivity index (χ0) is 16.9. The molecule has 1 aliphatic rings. The highest BCUT2D eigenvalue weighted by atomic mass is 32.2. The van der Waals surface area contributed by atoms with Crippen LogP contribution in [-0.4, -0.2) is 47.0 Å². The summed E-state index contributed by atoms with van der Waals surface area (Å²) in [6.07, 6.45) is 0. The molecule has 0 spiro atoms. The van der Waals surface area contributed by atoms with Crippen LogP contribution in [0.4, 0.5) is 4.79 Å². The molecular formula is C16H16N2O4S2. The van der Waals surface area contributed by atoms with Crippen molar-refractivity contribution in [2.24, 2.45) is 0 Å². The summed E-state index contributed by atoms with van der Waals surface area (Å²) in [5, 5.41) is 2.65. The van der Waals surface area contributed by atoms with Crippen LogP contribution in [0.5, 0.6) is 5.75 Å². The molecule has 0 bridgehead atoms. The lowest BCUT2D eigenvalue weighted by molar-refractivity contribution is -0.145. The van der Waals surface area contributed by atoms with Gasteiger partial charge in [-0.15, -0.1) is 11.3 Å². The van der Waals surface area contributed by atoms with Crippen molar-refractivity contribution < 1.29 is 19.1 Å². The van der Waals surface area contributed by atoms with E-state index in [0.717, 1.165) is 22.1 Å². The maximum absolute atomic E-state index is 11.8. The van der Waals surface area contributed by atoms with E-state index < -0.39 is 5.97 Å². The minimum atomic E-state index is -0.412. The summed E-state index contributed by atoms with van der Waals surface area (Å²) in [7, 11) is 1.62. The maximum Gasteiger partial charge on any atom is 0.326 e. The number of carbonyl (C=O) groups excluding carboxylic acids is 2. The molecule has 1 amide bonds. The van der Waals surface area contributed by atoms with Gasteiger partial charge in [0.15, 0.2) is 0 Å². The number of ether oxygens (including phenoxy) is 2. The van der Waals surface area contributed by atoms with Gasteiger partial charge in [-0.1, -0.05) is 11.8 Å². The molecule has 0 unspecified atom stereocenters. The zero-order valence-corrected chi connectivity index (χ0v) is 14.7. The number of nitrogens with zero attached hydrogens (tertiary/aromatic N) is 2. The minimum Gasteiger partial charge on any atom is -0.497 e. The molecule has 2 heterocycles. The van der Waals surface area contributed by atoms with Gasteiger partial charge in [0.05, 0.1) is 12.8 Å². The lowest BCUT2D eigenvalue weighted by Gasteiger charge is -2.12. The molecule has 8 heteroatoms. The summed E-state index contributed by atoms with van der Waals surface area (Å²) < 4.78 is 10.3. The quantitative estimate of drug-likeness (QED) is 0.734. The molecule has 126 valence electrons. The first-order valence-electron chi connectivity index (χ1n) is 7.32. The van der Waals surface area contributed by atoms with Crippen LogP contribution in [0, 0.1) is 0 Å². The number of rotatable bonds is 6. The first kappa shape index (κ1) is 16.8. The molecule has 1 aromatic carbocycles. The molecule has 3 rings (SSSR count). The van der Waals surface area contributed by atoms with Gasteiger partial charge < -0.3 is 14.4 Å². The smallest absolute Gasteiger partial charge is 0.326 e. The van der Waals surface area contributed by atoms with Crippen molar-refractivity contribution in [2.75, 3.05) is 26.0 Å². The predicted octanol–water partition coefficient (Wildman–Crippen LogP) is 3.03. The Kier molecular flexibility index (Phi) is 5.37. The van der Waals surface area contributed by atoms with E-state index >= 15 is 0 Å². The van der Waals surface area contributed by atoms with Crippen molar-refractivity contribution in [2.45, 2.75) is 6.61 Å². The molecule has 1 aliphatic heterocycles. The number of amides is 1. The van der Waals surface area contributed by atoms with E-state index in [0.29, 0.717) is 12.2 Å². The fraction of sp³-hybridized carbons (Fsp3) is 0.312. The van der Waals surface area contributed by atoms with Gasteiger partial charge in [-0.3, -0.25) is 9.59 Å². The summed E-state index contributed by atoms with van der Waals surface area (Å²) in [6.45, 7) is 0.707. The van der Waals surface area contributed by atoms with Crippen LogP contribution in [0.2, 0.25) is 0 Å². The lowest BCUT2D eigenvalue weighted by Crippen LogP contribution is -2.30. The van der Waals surface area contributed by atoms with E-state index in [-0.39, 0.29) is 18.4 Å². The topological polar surface area (TPSA) is 68.7 Å².